The summed E-state index contributed by atoms with van der Waals surface area (Å²) in [5, 5.41) is 8.53. The molecule has 2 atom stereocenters. The SMILES string of the molecule is CCCCCOCC(COP(=O)([O-])OCC[N+](C)(C)C)OC(=O)C=CC(=O)O. The molecule has 2 unspecified atom stereocenters. The zero-order chi connectivity index (χ0) is 21.6. The summed E-state index contributed by atoms with van der Waals surface area (Å²) in [5.74, 6) is -2.25. The van der Waals surface area contributed by atoms with Gasteiger partial charge in [0.1, 0.15) is 19.3 Å². The fourth-order valence-electron chi connectivity index (χ4n) is 1.77. The zero-order valence-corrected chi connectivity index (χ0v) is 17.9. The lowest BCUT2D eigenvalue weighted by molar-refractivity contribution is -0.870. The minimum atomic E-state index is -4.58. The fourth-order valence-corrected chi connectivity index (χ4v) is 2.49. The number of phosphoric ester groups is 1. The van der Waals surface area contributed by atoms with Gasteiger partial charge in [-0.15, -0.1) is 0 Å². The van der Waals surface area contributed by atoms with Gasteiger partial charge >= 0.3 is 11.9 Å². The second-order valence-corrected chi connectivity index (χ2v) is 8.51. The maximum atomic E-state index is 11.8. The minimum absolute atomic E-state index is 0.0520. The summed E-state index contributed by atoms with van der Waals surface area (Å²) in [5.41, 5.74) is 0. The number of carboxylic acids is 1. The molecule has 28 heavy (non-hydrogen) atoms. The number of carbonyl (C=O) groups excluding carboxylic acids is 1. The molecule has 0 aromatic carbocycles. The summed E-state index contributed by atoms with van der Waals surface area (Å²) >= 11 is 0. The molecule has 11 heteroatoms. The summed E-state index contributed by atoms with van der Waals surface area (Å²) < 4.78 is 32.3. The van der Waals surface area contributed by atoms with Crippen molar-refractivity contribution in [2.75, 3.05) is 54.1 Å². The van der Waals surface area contributed by atoms with E-state index in [0.717, 1.165) is 25.3 Å². The molecule has 0 saturated carbocycles. The highest BCUT2D eigenvalue weighted by atomic mass is 31.2. The van der Waals surface area contributed by atoms with Gasteiger partial charge in [0.15, 0.2) is 0 Å². The van der Waals surface area contributed by atoms with E-state index in [4.69, 9.17) is 23.6 Å². The van der Waals surface area contributed by atoms with Crippen LogP contribution < -0.4 is 4.89 Å². The fraction of sp³-hybridized carbons (Fsp3) is 0.765. The van der Waals surface area contributed by atoms with Gasteiger partial charge in [0, 0.05) is 18.8 Å². The first-order valence-corrected chi connectivity index (χ1v) is 10.5. The number of esters is 1. The van der Waals surface area contributed by atoms with Gasteiger partial charge in [-0.1, -0.05) is 19.8 Å². The highest BCUT2D eigenvalue weighted by molar-refractivity contribution is 7.45. The van der Waals surface area contributed by atoms with Crippen LogP contribution in [0.3, 0.4) is 0 Å². The van der Waals surface area contributed by atoms with Crippen LogP contribution >= 0.6 is 7.82 Å². The molecular weight excluding hydrogens is 393 g/mol. The molecule has 0 fully saturated rings. The molecule has 0 aliphatic rings. The Bertz CT molecular complexity index is 545. The third-order valence-electron chi connectivity index (χ3n) is 3.27. The molecule has 1 N–H and O–H groups in total. The zero-order valence-electron chi connectivity index (χ0n) is 17.0. The molecule has 0 amide bonds. The Morgan fingerprint density at radius 3 is 2.36 bits per heavy atom. The number of hydrogen-bond acceptors (Lipinski definition) is 8. The maximum Gasteiger partial charge on any atom is 0.331 e. The molecule has 0 saturated heterocycles. The molecule has 0 aromatic rings. The van der Waals surface area contributed by atoms with Crippen LogP contribution in [-0.4, -0.2) is 81.7 Å². The van der Waals surface area contributed by atoms with E-state index in [0.29, 0.717) is 23.7 Å². The van der Waals surface area contributed by atoms with Crippen LogP contribution in [0.2, 0.25) is 0 Å². The summed E-state index contributed by atoms with van der Waals surface area (Å²) in [6.07, 6.45) is 3.10. The molecule has 0 aliphatic heterocycles. The van der Waals surface area contributed by atoms with Crippen molar-refractivity contribution in [2.45, 2.75) is 32.3 Å². The summed E-state index contributed by atoms with van der Waals surface area (Å²) in [6.45, 7) is 2.28. The van der Waals surface area contributed by atoms with Crippen molar-refractivity contribution in [2.24, 2.45) is 0 Å². The van der Waals surface area contributed by atoms with Crippen molar-refractivity contribution in [3.63, 3.8) is 0 Å². The monoisotopic (exact) mass is 425 g/mol. The van der Waals surface area contributed by atoms with E-state index in [1.54, 1.807) is 0 Å². The predicted octanol–water partition coefficient (Wildman–Crippen LogP) is 0.954. The van der Waals surface area contributed by atoms with E-state index in [-0.39, 0.29) is 13.2 Å². The van der Waals surface area contributed by atoms with E-state index >= 15 is 0 Å². The molecule has 0 rings (SSSR count). The van der Waals surface area contributed by atoms with Crippen molar-refractivity contribution in [3.8, 4) is 0 Å². The first-order valence-electron chi connectivity index (χ1n) is 9.05. The molecule has 0 bridgehead atoms. The highest BCUT2D eigenvalue weighted by Crippen LogP contribution is 2.38. The van der Waals surface area contributed by atoms with Gasteiger partial charge in [0.2, 0.25) is 0 Å². The van der Waals surface area contributed by atoms with Crippen LogP contribution in [0.5, 0.6) is 0 Å². The van der Waals surface area contributed by atoms with Gasteiger partial charge in [-0.3, -0.25) is 4.57 Å². The van der Waals surface area contributed by atoms with Gasteiger partial charge in [-0.25, -0.2) is 9.59 Å². The predicted molar refractivity (Wildman–Crippen MR) is 99.4 cm³/mol. The number of carboxylic acid groups (broad SMARTS) is 1. The average Bonchev–Trinajstić information content (AvgIpc) is 2.56. The summed E-state index contributed by atoms with van der Waals surface area (Å²) in [6, 6.07) is 0. The molecular formula is C17H32NO9P. The Morgan fingerprint density at radius 1 is 1.11 bits per heavy atom. The minimum Gasteiger partial charge on any atom is -0.756 e. The van der Waals surface area contributed by atoms with E-state index in [2.05, 4.69) is 0 Å². The Hall–Kier alpha value is -1.29. The number of nitrogens with zero attached hydrogens (tertiary/aromatic N) is 1. The summed E-state index contributed by atoms with van der Waals surface area (Å²) in [7, 11) is 1.08. The van der Waals surface area contributed by atoms with Crippen LogP contribution in [0.15, 0.2) is 12.2 Å². The number of ether oxygens (including phenoxy) is 2. The molecule has 0 aromatic heterocycles. The van der Waals surface area contributed by atoms with Crippen LogP contribution in [-0.2, 0) is 32.7 Å². The topological polar surface area (TPSA) is 131 Å². The smallest absolute Gasteiger partial charge is 0.331 e. The van der Waals surface area contributed by atoms with Gasteiger partial charge in [-0.05, 0) is 6.42 Å². The number of likely N-dealkylation sites (N-methyl/N-ethyl adjacent to an activating group) is 1. The number of quaternary nitrogens is 1. The highest BCUT2D eigenvalue weighted by Gasteiger charge is 2.19. The maximum absolute atomic E-state index is 11.8. The normalized spacial score (nSPS) is 15.3. The molecule has 0 radical (unpaired) electrons. The van der Waals surface area contributed by atoms with E-state index in [1.165, 1.54) is 0 Å². The third kappa shape index (κ3) is 16.9. The van der Waals surface area contributed by atoms with E-state index < -0.39 is 32.5 Å². The van der Waals surface area contributed by atoms with Crippen LogP contribution in [0.1, 0.15) is 26.2 Å². The third-order valence-corrected chi connectivity index (χ3v) is 4.23. The van der Waals surface area contributed by atoms with Crippen LogP contribution in [0, 0.1) is 0 Å². The second kappa shape index (κ2) is 13.8. The number of rotatable bonds is 16. The quantitative estimate of drug-likeness (QED) is 0.126. The average molecular weight is 425 g/mol. The van der Waals surface area contributed by atoms with Crippen molar-refractivity contribution in [3.05, 3.63) is 12.2 Å². The van der Waals surface area contributed by atoms with Crippen molar-refractivity contribution >= 4 is 19.8 Å². The largest absolute Gasteiger partial charge is 0.756 e. The standard InChI is InChI=1S/C17H32NO9P/c1-5-6-7-11-24-13-15(27-17(21)9-8-16(19)20)14-26-28(22,23)25-12-10-18(2,3)4/h8-9,15H,5-7,10-14H2,1-4H3,(H-,19,20,22,23). The van der Waals surface area contributed by atoms with Crippen LogP contribution in [0.4, 0.5) is 0 Å². The molecule has 164 valence electrons. The summed E-state index contributed by atoms with van der Waals surface area (Å²) in [4.78, 5) is 33.9. The number of carbonyl (C=O) groups is 2. The number of aliphatic carboxylic acids is 1. The van der Waals surface area contributed by atoms with E-state index in [1.807, 2.05) is 28.1 Å². The first kappa shape index (κ1) is 26.7. The van der Waals surface area contributed by atoms with Crippen LogP contribution in [0.25, 0.3) is 0 Å². The Balaban J connectivity index is 4.60. The number of phosphoric acid groups is 1. The van der Waals surface area contributed by atoms with Crippen molar-refractivity contribution < 1.29 is 47.2 Å². The molecule has 0 spiro atoms. The number of unbranched alkanes of at least 4 members (excludes halogenated alkanes) is 2. The van der Waals surface area contributed by atoms with Crippen molar-refractivity contribution in [1.82, 2.24) is 0 Å². The van der Waals surface area contributed by atoms with Gasteiger partial charge < -0.3 is 33.0 Å². The first-order chi connectivity index (χ1) is 12.9. The van der Waals surface area contributed by atoms with Crippen molar-refractivity contribution in [1.29, 1.82) is 0 Å². The van der Waals surface area contributed by atoms with Gasteiger partial charge in [-0.2, -0.15) is 0 Å². The molecule has 0 heterocycles. The Labute approximate surface area is 166 Å². The lowest BCUT2D eigenvalue weighted by atomic mass is 10.3. The van der Waals surface area contributed by atoms with Gasteiger partial charge in [0.05, 0.1) is 34.4 Å². The molecule has 10 nitrogen and oxygen atoms in total. The van der Waals surface area contributed by atoms with Gasteiger partial charge in [0.25, 0.3) is 7.82 Å². The second-order valence-electron chi connectivity index (χ2n) is 7.10. The molecule has 0 aliphatic carbocycles. The van der Waals surface area contributed by atoms with E-state index in [9.17, 15) is 19.0 Å². The Morgan fingerprint density at radius 2 is 1.79 bits per heavy atom. The number of hydrogen-bond donors (Lipinski definition) is 1. The lowest BCUT2D eigenvalue weighted by Crippen LogP contribution is -2.37. The Kier molecular flexibility index (Phi) is 13.2. The lowest BCUT2D eigenvalue weighted by Gasteiger charge is -2.28.